The summed E-state index contributed by atoms with van der Waals surface area (Å²) in [5.41, 5.74) is 8.99. The summed E-state index contributed by atoms with van der Waals surface area (Å²) in [6.07, 6.45) is 0. The summed E-state index contributed by atoms with van der Waals surface area (Å²) in [5.74, 6) is 1.02. The van der Waals surface area contributed by atoms with Crippen molar-refractivity contribution in [3.63, 3.8) is 0 Å². The van der Waals surface area contributed by atoms with Crippen molar-refractivity contribution < 1.29 is 0 Å². The molecule has 38 heavy (non-hydrogen) atoms. The van der Waals surface area contributed by atoms with Crippen LogP contribution < -0.4 is 0 Å². The van der Waals surface area contributed by atoms with Crippen LogP contribution in [0.5, 0.6) is 0 Å². The lowest BCUT2D eigenvalue weighted by atomic mass is 9.86. The van der Waals surface area contributed by atoms with Gasteiger partial charge in [-0.3, -0.25) is 0 Å². The average molecular weight is 499 g/mol. The third-order valence-electron chi connectivity index (χ3n) is 6.94. The molecule has 0 aliphatic carbocycles. The highest BCUT2D eigenvalue weighted by molar-refractivity contribution is 5.82. The van der Waals surface area contributed by atoms with Crippen LogP contribution >= 0.6 is 0 Å². The first-order chi connectivity index (χ1) is 18.1. The van der Waals surface area contributed by atoms with E-state index in [9.17, 15) is 0 Å². The van der Waals surface area contributed by atoms with Crippen LogP contribution in [0.2, 0.25) is 0 Å². The van der Waals surface area contributed by atoms with Gasteiger partial charge in [-0.25, -0.2) is 0 Å². The molecule has 0 radical (unpaired) electrons. The minimum absolute atomic E-state index is 0.107. The first-order valence-electron chi connectivity index (χ1n) is 13.1. The summed E-state index contributed by atoms with van der Waals surface area (Å²) in [7, 11) is 0. The summed E-state index contributed by atoms with van der Waals surface area (Å²) < 4.78 is 0. The van der Waals surface area contributed by atoms with Gasteiger partial charge in [0.2, 0.25) is 11.6 Å². The molecule has 190 valence electrons. The van der Waals surface area contributed by atoms with Gasteiger partial charge in [0.15, 0.2) is 0 Å². The van der Waals surface area contributed by atoms with Crippen molar-refractivity contribution in [3.05, 3.63) is 108 Å². The lowest BCUT2D eigenvalue weighted by molar-refractivity contribution is 0.590. The molecule has 0 N–H and O–H groups in total. The molecule has 0 bridgehead atoms. The molecule has 0 saturated heterocycles. The van der Waals surface area contributed by atoms with Crippen LogP contribution in [0.1, 0.15) is 52.7 Å². The van der Waals surface area contributed by atoms with E-state index >= 15 is 0 Å². The molecule has 0 unspecified atom stereocenters. The molecule has 0 saturated carbocycles. The summed E-state index contributed by atoms with van der Waals surface area (Å²) in [6.45, 7) is 13.3. The molecule has 1 heterocycles. The fraction of sp³-hybridized carbons (Fsp3) is 0.235. The first kappa shape index (κ1) is 25.5. The minimum Gasteiger partial charge on any atom is -0.126 e. The molecule has 0 aliphatic rings. The van der Waals surface area contributed by atoms with Crippen LogP contribution in [0.15, 0.2) is 97.1 Å². The standard InChI is InChI=1S/C34H34N4/c1-33(2,3)25-19-15-23(16-20-25)27-11-7-9-13-29(27)31-35-37-32(38-36-31)30-14-10-8-12-28(30)24-17-21-26(22-18-24)34(4,5)6/h7-22H,1-6H3. The highest BCUT2D eigenvalue weighted by Crippen LogP contribution is 2.34. The topological polar surface area (TPSA) is 51.6 Å². The predicted octanol–water partition coefficient (Wildman–Crippen LogP) is 8.53. The van der Waals surface area contributed by atoms with Gasteiger partial charge in [-0.2, -0.15) is 0 Å². The normalized spacial score (nSPS) is 11.9. The lowest BCUT2D eigenvalue weighted by Gasteiger charge is -2.19. The number of hydrogen-bond acceptors (Lipinski definition) is 4. The SMILES string of the molecule is CC(C)(C)c1ccc(-c2ccccc2-c2nnc(-c3ccccc3-c3ccc(C(C)(C)C)cc3)nn2)cc1. The van der Waals surface area contributed by atoms with E-state index < -0.39 is 0 Å². The van der Waals surface area contributed by atoms with Crippen molar-refractivity contribution >= 4 is 0 Å². The van der Waals surface area contributed by atoms with Gasteiger partial charge in [0.05, 0.1) is 0 Å². The smallest absolute Gasteiger partial charge is 0.126 e. The monoisotopic (exact) mass is 498 g/mol. The Morgan fingerprint density at radius 1 is 0.368 bits per heavy atom. The van der Waals surface area contributed by atoms with E-state index in [0.29, 0.717) is 11.6 Å². The fourth-order valence-corrected chi connectivity index (χ4v) is 4.60. The van der Waals surface area contributed by atoms with E-state index in [4.69, 9.17) is 0 Å². The Labute approximate surface area is 225 Å². The molecule has 4 heteroatoms. The number of rotatable bonds is 4. The zero-order chi connectivity index (χ0) is 26.9. The van der Waals surface area contributed by atoms with Crippen molar-refractivity contribution in [1.29, 1.82) is 0 Å². The van der Waals surface area contributed by atoms with Crippen molar-refractivity contribution in [1.82, 2.24) is 20.4 Å². The maximum absolute atomic E-state index is 4.53. The van der Waals surface area contributed by atoms with Crippen LogP contribution in [-0.2, 0) is 10.8 Å². The van der Waals surface area contributed by atoms with Crippen LogP contribution in [0, 0.1) is 0 Å². The Balaban J connectivity index is 1.48. The Morgan fingerprint density at radius 2 is 0.658 bits per heavy atom. The van der Waals surface area contributed by atoms with Crippen LogP contribution in [0.3, 0.4) is 0 Å². The summed E-state index contributed by atoms with van der Waals surface area (Å²) in [5, 5.41) is 18.1. The predicted molar refractivity (Wildman–Crippen MR) is 157 cm³/mol. The molecule has 5 rings (SSSR count). The largest absolute Gasteiger partial charge is 0.204 e. The second-order valence-electron chi connectivity index (χ2n) is 11.8. The maximum Gasteiger partial charge on any atom is 0.204 e. The van der Waals surface area contributed by atoms with E-state index in [1.165, 1.54) is 11.1 Å². The number of benzene rings is 4. The molecule has 0 fully saturated rings. The molecule has 4 nitrogen and oxygen atoms in total. The van der Waals surface area contributed by atoms with Gasteiger partial charge < -0.3 is 0 Å². The van der Waals surface area contributed by atoms with E-state index in [-0.39, 0.29) is 10.8 Å². The number of nitrogens with zero attached hydrogens (tertiary/aromatic N) is 4. The first-order valence-corrected chi connectivity index (χ1v) is 13.1. The average Bonchev–Trinajstić information content (AvgIpc) is 2.92. The van der Waals surface area contributed by atoms with Crippen LogP contribution in [0.25, 0.3) is 45.0 Å². The Bertz CT molecular complexity index is 1420. The number of hydrogen-bond donors (Lipinski definition) is 0. The lowest BCUT2D eigenvalue weighted by Crippen LogP contribution is -2.10. The van der Waals surface area contributed by atoms with Gasteiger partial charge in [-0.1, -0.05) is 139 Å². The third kappa shape index (κ3) is 5.26. The minimum atomic E-state index is 0.107. The van der Waals surface area contributed by atoms with Crippen molar-refractivity contribution in [3.8, 4) is 45.0 Å². The third-order valence-corrected chi connectivity index (χ3v) is 6.94. The second kappa shape index (κ2) is 9.94. The Morgan fingerprint density at radius 3 is 0.947 bits per heavy atom. The number of aromatic nitrogens is 4. The Kier molecular flexibility index (Phi) is 6.66. The van der Waals surface area contributed by atoms with Gasteiger partial charge in [0.25, 0.3) is 0 Å². The van der Waals surface area contributed by atoms with Gasteiger partial charge in [0, 0.05) is 11.1 Å². The second-order valence-corrected chi connectivity index (χ2v) is 11.8. The molecule has 0 amide bonds. The fourth-order valence-electron chi connectivity index (χ4n) is 4.60. The van der Waals surface area contributed by atoms with Gasteiger partial charge >= 0.3 is 0 Å². The molecular weight excluding hydrogens is 464 g/mol. The van der Waals surface area contributed by atoms with Gasteiger partial charge in [-0.15, -0.1) is 20.4 Å². The van der Waals surface area contributed by atoms with E-state index in [0.717, 1.165) is 33.4 Å². The molecule has 0 atom stereocenters. The summed E-state index contributed by atoms with van der Waals surface area (Å²) in [6, 6.07) is 33.7. The van der Waals surface area contributed by atoms with Crippen LogP contribution in [-0.4, -0.2) is 20.4 Å². The summed E-state index contributed by atoms with van der Waals surface area (Å²) in [4.78, 5) is 0. The van der Waals surface area contributed by atoms with Crippen LogP contribution in [0.4, 0.5) is 0 Å². The quantitative estimate of drug-likeness (QED) is 0.249. The van der Waals surface area contributed by atoms with Gasteiger partial charge in [-0.05, 0) is 44.2 Å². The summed E-state index contributed by atoms with van der Waals surface area (Å²) >= 11 is 0. The van der Waals surface area contributed by atoms with Crippen molar-refractivity contribution in [2.24, 2.45) is 0 Å². The molecular formula is C34H34N4. The zero-order valence-electron chi connectivity index (χ0n) is 23.0. The van der Waals surface area contributed by atoms with E-state index in [1.54, 1.807) is 0 Å². The molecule has 5 aromatic rings. The molecule has 0 spiro atoms. The molecule has 0 aliphatic heterocycles. The van der Waals surface area contributed by atoms with E-state index in [1.807, 2.05) is 36.4 Å². The van der Waals surface area contributed by atoms with Gasteiger partial charge in [0.1, 0.15) is 0 Å². The maximum atomic E-state index is 4.53. The van der Waals surface area contributed by atoms with Crippen molar-refractivity contribution in [2.45, 2.75) is 52.4 Å². The van der Waals surface area contributed by atoms with E-state index in [2.05, 4.69) is 123 Å². The highest BCUT2D eigenvalue weighted by Gasteiger charge is 2.17. The Hall–Kier alpha value is -4.18. The molecule has 1 aromatic heterocycles. The zero-order valence-corrected chi connectivity index (χ0v) is 23.0. The highest BCUT2D eigenvalue weighted by atomic mass is 15.3. The van der Waals surface area contributed by atoms with Crippen molar-refractivity contribution in [2.75, 3.05) is 0 Å². The molecule has 4 aromatic carbocycles.